The zero-order valence-corrected chi connectivity index (χ0v) is 13.7. The molecule has 3 rings (SSSR count). The maximum atomic E-state index is 3.24. The van der Waals surface area contributed by atoms with Crippen LogP contribution in [0.4, 0.5) is 0 Å². The molecule has 1 aliphatic carbocycles. The Bertz CT molecular complexity index is 779. The second-order valence-corrected chi connectivity index (χ2v) is 6.18. The van der Waals surface area contributed by atoms with Crippen LogP contribution in [0.15, 0.2) is 71.2 Å². The van der Waals surface area contributed by atoms with Crippen LogP contribution in [0.3, 0.4) is 0 Å². The molecular formula is C21H18S. The molecule has 0 saturated carbocycles. The standard InChI is InChI=1S/C21H18S/c1-16-4-3-5-21(16)19-12-8-17(9-13-19)6-7-18-10-14-20(22-2)15-11-18/h4-5,8-15H,3H2,1-2H3. The lowest BCUT2D eigenvalue weighted by Gasteiger charge is -2.04. The molecule has 1 heteroatoms. The lowest BCUT2D eigenvalue weighted by atomic mass is 10.0. The average molecular weight is 302 g/mol. The minimum absolute atomic E-state index is 1.05. The summed E-state index contributed by atoms with van der Waals surface area (Å²) in [5.74, 6) is 6.46. The molecule has 0 saturated heterocycles. The Morgan fingerprint density at radius 2 is 1.41 bits per heavy atom. The first-order valence-corrected chi connectivity index (χ1v) is 8.62. The first kappa shape index (κ1) is 14.8. The van der Waals surface area contributed by atoms with Gasteiger partial charge in [0.25, 0.3) is 0 Å². The van der Waals surface area contributed by atoms with Gasteiger partial charge in [0, 0.05) is 16.0 Å². The minimum Gasteiger partial charge on any atom is -0.130 e. The number of hydrogen-bond donors (Lipinski definition) is 0. The van der Waals surface area contributed by atoms with Crippen LogP contribution in [-0.2, 0) is 0 Å². The van der Waals surface area contributed by atoms with Gasteiger partial charge in [0.2, 0.25) is 0 Å². The van der Waals surface area contributed by atoms with Gasteiger partial charge in [0.15, 0.2) is 0 Å². The molecule has 0 heterocycles. The normalized spacial score (nSPS) is 13.2. The average Bonchev–Trinajstić information content (AvgIpc) is 3.00. The van der Waals surface area contributed by atoms with Crippen LogP contribution in [0.2, 0.25) is 0 Å². The van der Waals surface area contributed by atoms with E-state index >= 15 is 0 Å². The van der Waals surface area contributed by atoms with E-state index in [1.54, 1.807) is 11.8 Å². The largest absolute Gasteiger partial charge is 0.130 e. The third kappa shape index (κ3) is 3.35. The van der Waals surface area contributed by atoms with Crippen LogP contribution in [0.1, 0.15) is 30.0 Å². The van der Waals surface area contributed by atoms with Crippen LogP contribution in [0.25, 0.3) is 5.57 Å². The number of allylic oxidation sites excluding steroid dienone is 4. The summed E-state index contributed by atoms with van der Waals surface area (Å²) in [6.07, 6.45) is 7.68. The van der Waals surface area contributed by atoms with Crippen molar-refractivity contribution in [2.75, 3.05) is 6.26 Å². The fraction of sp³-hybridized carbons (Fsp3) is 0.143. The van der Waals surface area contributed by atoms with Gasteiger partial charge in [-0.3, -0.25) is 0 Å². The third-order valence-corrected chi connectivity index (χ3v) is 4.55. The molecule has 0 amide bonds. The Labute approximate surface area is 137 Å². The Hall–Kier alpha value is -2.17. The van der Waals surface area contributed by atoms with E-state index in [9.17, 15) is 0 Å². The Balaban J connectivity index is 1.76. The van der Waals surface area contributed by atoms with Crippen molar-refractivity contribution in [2.45, 2.75) is 18.2 Å². The van der Waals surface area contributed by atoms with Crippen LogP contribution in [0.5, 0.6) is 0 Å². The highest BCUT2D eigenvalue weighted by atomic mass is 32.2. The fourth-order valence-electron chi connectivity index (χ4n) is 2.52. The molecule has 0 N–H and O–H groups in total. The van der Waals surface area contributed by atoms with E-state index in [1.165, 1.54) is 21.6 Å². The van der Waals surface area contributed by atoms with Crippen LogP contribution >= 0.6 is 11.8 Å². The summed E-state index contributed by atoms with van der Waals surface area (Å²) < 4.78 is 0. The van der Waals surface area contributed by atoms with Gasteiger partial charge in [0.1, 0.15) is 0 Å². The van der Waals surface area contributed by atoms with Gasteiger partial charge in [0.05, 0.1) is 0 Å². The SMILES string of the molecule is CSc1ccc(C#Cc2ccc(C3=CCC=C3C)cc2)cc1. The number of hydrogen-bond acceptors (Lipinski definition) is 1. The number of thioether (sulfide) groups is 1. The summed E-state index contributed by atoms with van der Waals surface area (Å²) >= 11 is 1.75. The van der Waals surface area contributed by atoms with E-state index in [-0.39, 0.29) is 0 Å². The van der Waals surface area contributed by atoms with Crippen molar-refractivity contribution in [1.82, 2.24) is 0 Å². The molecule has 0 unspecified atom stereocenters. The van der Waals surface area contributed by atoms with E-state index in [4.69, 9.17) is 0 Å². The first-order valence-electron chi connectivity index (χ1n) is 7.40. The van der Waals surface area contributed by atoms with Gasteiger partial charge in [-0.15, -0.1) is 11.8 Å². The van der Waals surface area contributed by atoms with Gasteiger partial charge < -0.3 is 0 Å². The van der Waals surface area contributed by atoms with Crippen molar-refractivity contribution in [3.8, 4) is 11.8 Å². The molecule has 0 aliphatic heterocycles. The quantitative estimate of drug-likeness (QED) is 0.518. The molecule has 1 aliphatic rings. The minimum atomic E-state index is 1.05. The second-order valence-electron chi connectivity index (χ2n) is 5.30. The van der Waals surface area contributed by atoms with Gasteiger partial charge in [-0.1, -0.05) is 36.1 Å². The third-order valence-electron chi connectivity index (χ3n) is 3.81. The van der Waals surface area contributed by atoms with Crippen molar-refractivity contribution >= 4 is 17.3 Å². The summed E-state index contributed by atoms with van der Waals surface area (Å²) in [6, 6.07) is 16.9. The molecule has 0 fully saturated rings. The number of rotatable bonds is 2. The summed E-state index contributed by atoms with van der Waals surface area (Å²) in [5.41, 5.74) is 6.11. The van der Waals surface area contributed by atoms with Crippen molar-refractivity contribution in [3.63, 3.8) is 0 Å². The topological polar surface area (TPSA) is 0 Å². The van der Waals surface area contributed by atoms with E-state index in [0.29, 0.717) is 0 Å². The molecule has 108 valence electrons. The van der Waals surface area contributed by atoms with Gasteiger partial charge in [-0.05, 0) is 72.7 Å². The highest BCUT2D eigenvalue weighted by Gasteiger charge is 2.07. The molecule has 0 nitrogen and oxygen atoms in total. The predicted molar refractivity (Wildman–Crippen MR) is 97.0 cm³/mol. The first-order chi connectivity index (χ1) is 10.8. The van der Waals surface area contributed by atoms with Crippen LogP contribution in [-0.4, -0.2) is 6.26 Å². The Morgan fingerprint density at radius 3 is 1.91 bits per heavy atom. The second kappa shape index (κ2) is 6.73. The molecule has 0 atom stereocenters. The molecule has 2 aromatic carbocycles. The zero-order valence-electron chi connectivity index (χ0n) is 12.9. The maximum absolute atomic E-state index is 3.24. The monoisotopic (exact) mass is 302 g/mol. The van der Waals surface area contributed by atoms with E-state index < -0.39 is 0 Å². The Morgan fingerprint density at radius 1 is 0.818 bits per heavy atom. The zero-order chi connectivity index (χ0) is 15.4. The van der Waals surface area contributed by atoms with E-state index in [2.05, 4.69) is 85.7 Å². The van der Waals surface area contributed by atoms with Crippen molar-refractivity contribution in [3.05, 3.63) is 82.9 Å². The molecule has 0 aromatic heterocycles. The molecule has 22 heavy (non-hydrogen) atoms. The summed E-state index contributed by atoms with van der Waals surface area (Å²) in [6.45, 7) is 2.17. The van der Waals surface area contributed by atoms with Crippen molar-refractivity contribution < 1.29 is 0 Å². The summed E-state index contributed by atoms with van der Waals surface area (Å²) in [5, 5.41) is 0. The van der Waals surface area contributed by atoms with E-state index in [0.717, 1.165) is 17.5 Å². The van der Waals surface area contributed by atoms with Gasteiger partial charge in [-0.2, -0.15) is 0 Å². The van der Waals surface area contributed by atoms with Crippen molar-refractivity contribution in [2.24, 2.45) is 0 Å². The fourth-order valence-corrected chi connectivity index (χ4v) is 2.93. The van der Waals surface area contributed by atoms with E-state index in [1.807, 2.05) is 0 Å². The van der Waals surface area contributed by atoms with Crippen molar-refractivity contribution in [1.29, 1.82) is 0 Å². The molecule has 0 spiro atoms. The highest BCUT2D eigenvalue weighted by Crippen LogP contribution is 2.28. The molecular weight excluding hydrogens is 284 g/mol. The smallest absolute Gasteiger partial charge is 0.0249 e. The Kier molecular flexibility index (Phi) is 4.51. The van der Waals surface area contributed by atoms with Gasteiger partial charge in [-0.25, -0.2) is 0 Å². The summed E-state index contributed by atoms with van der Waals surface area (Å²) in [4.78, 5) is 1.27. The molecule has 2 aromatic rings. The number of benzene rings is 2. The predicted octanol–water partition coefficient (Wildman–Crippen LogP) is 5.54. The molecule has 0 radical (unpaired) electrons. The summed E-state index contributed by atoms with van der Waals surface area (Å²) in [7, 11) is 0. The lowest BCUT2D eigenvalue weighted by molar-refractivity contribution is 1.42. The highest BCUT2D eigenvalue weighted by molar-refractivity contribution is 7.98. The lowest BCUT2D eigenvalue weighted by Crippen LogP contribution is -1.84. The van der Waals surface area contributed by atoms with Gasteiger partial charge >= 0.3 is 0 Å². The maximum Gasteiger partial charge on any atom is 0.0249 e. The van der Waals surface area contributed by atoms with Crippen LogP contribution in [0, 0.1) is 11.8 Å². The van der Waals surface area contributed by atoms with Crippen LogP contribution < -0.4 is 0 Å². The molecule has 0 bridgehead atoms.